The Morgan fingerprint density at radius 2 is 1.95 bits per heavy atom. The molecule has 0 atom stereocenters. The van der Waals surface area contributed by atoms with Gasteiger partial charge in [0, 0.05) is 45.1 Å². The average molecular weight is 257 g/mol. The fourth-order valence-electron chi connectivity index (χ4n) is 1.80. The quantitative estimate of drug-likeness (QED) is 0.844. The third-order valence-electron chi connectivity index (χ3n) is 2.85. The molecule has 0 fully saturated rings. The van der Waals surface area contributed by atoms with Gasteiger partial charge in [0.25, 0.3) is 0 Å². The number of rotatable bonds is 6. The minimum absolute atomic E-state index is 0.811. The second kappa shape index (κ2) is 6.80. The highest BCUT2D eigenvalue weighted by Crippen LogP contribution is 2.11. The highest BCUT2D eigenvalue weighted by Gasteiger charge is 2.05. The summed E-state index contributed by atoms with van der Waals surface area (Å²) < 4.78 is 0. The number of likely N-dealkylation sites (N-methyl/N-ethyl adjacent to an activating group) is 1. The molecule has 2 aromatic heterocycles. The van der Waals surface area contributed by atoms with E-state index in [0.29, 0.717) is 0 Å². The smallest absolute Gasteiger partial charge is 0.132 e. The SMILES string of the molecule is CNCCc1nccc(N(C)Cc2ccncc2)n1. The number of anilines is 1. The van der Waals surface area contributed by atoms with Crippen molar-refractivity contribution in [3.8, 4) is 0 Å². The van der Waals surface area contributed by atoms with E-state index in [0.717, 1.165) is 31.2 Å². The Labute approximate surface area is 113 Å². The molecule has 1 N–H and O–H groups in total. The van der Waals surface area contributed by atoms with Crippen LogP contribution in [0.15, 0.2) is 36.8 Å². The lowest BCUT2D eigenvalue weighted by molar-refractivity contribution is 0.750. The van der Waals surface area contributed by atoms with Crippen LogP contribution >= 0.6 is 0 Å². The van der Waals surface area contributed by atoms with Gasteiger partial charge in [0.15, 0.2) is 0 Å². The molecule has 2 rings (SSSR count). The third-order valence-corrected chi connectivity index (χ3v) is 2.85. The molecule has 0 radical (unpaired) electrons. The van der Waals surface area contributed by atoms with E-state index in [2.05, 4.69) is 25.2 Å². The first kappa shape index (κ1) is 13.4. The molecule has 0 amide bonds. The summed E-state index contributed by atoms with van der Waals surface area (Å²) in [6.45, 7) is 1.70. The molecule has 100 valence electrons. The lowest BCUT2D eigenvalue weighted by atomic mass is 10.2. The second-order valence-electron chi connectivity index (χ2n) is 4.40. The summed E-state index contributed by atoms with van der Waals surface area (Å²) in [6, 6.07) is 5.96. The van der Waals surface area contributed by atoms with E-state index in [1.165, 1.54) is 5.56 Å². The maximum atomic E-state index is 4.57. The lowest BCUT2D eigenvalue weighted by Crippen LogP contribution is -2.19. The van der Waals surface area contributed by atoms with Gasteiger partial charge in [-0.05, 0) is 30.8 Å². The van der Waals surface area contributed by atoms with Gasteiger partial charge < -0.3 is 10.2 Å². The van der Waals surface area contributed by atoms with Crippen LogP contribution in [0.1, 0.15) is 11.4 Å². The molecule has 0 saturated carbocycles. The van der Waals surface area contributed by atoms with Gasteiger partial charge in [0.2, 0.25) is 0 Å². The molecule has 5 nitrogen and oxygen atoms in total. The van der Waals surface area contributed by atoms with E-state index in [1.807, 2.05) is 50.9 Å². The van der Waals surface area contributed by atoms with Gasteiger partial charge in [-0.3, -0.25) is 4.98 Å². The van der Waals surface area contributed by atoms with Crippen molar-refractivity contribution < 1.29 is 0 Å². The van der Waals surface area contributed by atoms with Gasteiger partial charge in [0.1, 0.15) is 11.6 Å². The number of nitrogens with zero attached hydrogens (tertiary/aromatic N) is 4. The van der Waals surface area contributed by atoms with Crippen LogP contribution in [0.2, 0.25) is 0 Å². The predicted molar refractivity (Wildman–Crippen MR) is 76.0 cm³/mol. The monoisotopic (exact) mass is 257 g/mol. The van der Waals surface area contributed by atoms with E-state index in [9.17, 15) is 0 Å². The molecule has 0 aliphatic rings. The predicted octanol–water partition coefficient (Wildman–Crippen LogP) is 1.27. The molecular formula is C14H19N5. The first-order chi connectivity index (χ1) is 9.29. The van der Waals surface area contributed by atoms with Crippen LogP contribution in [-0.4, -0.2) is 35.6 Å². The number of pyridine rings is 1. The van der Waals surface area contributed by atoms with Crippen LogP contribution < -0.4 is 10.2 Å². The molecular weight excluding hydrogens is 238 g/mol. The van der Waals surface area contributed by atoms with Gasteiger partial charge in [-0.15, -0.1) is 0 Å². The number of aromatic nitrogens is 3. The van der Waals surface area contributed by atoms with Crippen LogP contribution in [0.3, 0.4) is 0 Å². The lowest BCUT2D eigenvalue weighted by Gasteiger charge is -2.18. The largest absolute Gasteiger partial charge is 0.355 e. The molecule has 0 aliphatic carbocycles. The fourth-order valence-corrected chi connectivity index (χ4v) is 1.80. The molecule has 0 aromatic carbocycles. The van der Waals surface area contributed by atoms with E-state index in [4.69, 9.17) is 0 Å². The molecule has 5 heteroatoms. The molecule has 19 heavy (non-hydrogen) atoms. The van der Waals surface area contributed by atoms with Crippen molar-refractivity contribution in [2.75, 3.05) is 25.5 Å². The Morgan fingerprint density at radius 3 is 2.68 bits per heavy atom. The van der Waals surface area contributed by atoms with Crippen molar-refractivity contribution in [1.82, 2.24) is 20.3 Å². The maximum absolute atomic E-state index is 4.57. The van der Waals surface area contributed by atoms with E-state index in [-0.39, 0.29) is 0 Å². The Bertz CT molecular complexity index is 500. The molecule has 0 unspecified atom stereocenters. The minimum Gasteiger partial charge on any atom is -0.355 e. The first-order valence-electron chi connectivity index (χ1n) is 6.36. The van der Waals surface area contributed by atoms with Gasteiger partial charge in [-0.25, -0.2) is 9.97 Å². The summed E-state index contributed by atoms with van der Waals surface area (Å²) in [5, 5.41) is 3.10. The van der Waals surface area contributed by atoms with Crippen molar-refractivity contribution in [3.63, 3.8) is 0 Å². The molecule has 0 aliphatic heterocycles. The van der Waals surface area contributed by atoms with Crippen LogP contribution in [0.4, 0.5) is 5.82 Å². The van der Waals surface area contributed by atoms with Crippen molar-refractivity contribution in [1.29, 1.82) is 0 Å². The summed E-state index contributed by atoms with van der Waals surface area (Å²) in [5.41, 5.74) is 1.22. The van der Waals surface area contributed by atoms with Crippen molar-refractivity contribution in [2.24, 2.45) is 0 Å². The van der Waals surface area contributed by atoms with E-state index in [1.54, 1.807) is 0 Å². The highest BCUT2D eigenvalue weighted by atomic mass is 15.2. The van der Waals surface area contributed by atoms with Gasteiger partial charge in [-0.2, -0.15) is 0 Å². The minimum atomic E-state index is 0.811. The zero-order valence-corrected chi connectivity index (χ0v) is 11.4. The van der Waals surface area contributed by atoms with Gasteiger partial charge in [0.05, 0.1) is 0 Å². The topological polar surface area (TPSA) is 53.9 Å². The number of hydrogen-bond donors (Lipinski definition) is 1. The van der Waals surface area contributed by atoms with Crippen molar-refractivity contribution in [2.45, 2.75) is 13.0 Å². The fraction of sp³-hybridized carbons (Fsp3) is 0.357. The summed E-state index contributed by atoms with van der Waals surface area (Å²) in [5.74, 6) is 1.81. The van der Waals surface area contributed by atoms with Gasteiger partial charge in [-0.1, -0.05) is 0 Å². The van der Waals surface area contributed by atoms with Crippen LogP contribution in [0, 0.1) is 0 Å². The molecule has 2 aromatic rings. The van der Waals surface area contributed by atoms with Gasteiger partial charge >= 0.3 is 0 Å². The summed E-state index contributed by atoms with van der Waals surface area (Å²) in [6.07, 6.45) is 6.27. The molecule has 2 heterocycles. The van der Waals surface area contributed by atoms with Crippen LogP contribution in [0.25, 0.3) is 0 Å². The second-order valence-corrected chi connectivity index (χ2v) is 4.40. The normalized spacial score (nSPS) is 10.4. The molecule has 0 bridgehead atoms. The summed E-state index contributed by atoms with van der Waals surface area (Å²) in [7, 11) is 3.96. The number of nitrogens with one attached hydrogen (secondary N) is 1. The highest BCUT2D eigenvalue weighted by molar-refractivity contribution is 5.37. The zero-order chi connectivity index (χ0) is 13.5. The van der Waals surface area contributed by atoms with Crippen molar-refractivity contribution in [3.05, 3.63) is 48.2 Å². The maximum Gasteiger partial charge on any atom is 0.132 e. The van der Waals surface area contributed by atoms with E-state index < -0.39 is 0 Å². The Morgan fingerprint density at radius 1 is 1.16 bits per heavy atom. The Kier molecular flexibility index (Phi) is 4.80. The Hall–Kier alpha value is -2.01. The standard InChI is InChI=1S/C14H19N5/c1-15-7-5-13-17-10-6-14(18-13)19(2)11-12-3-8-16-9-4-12/h3-4,6,8-10,15H,5,7,11H2,1-2H3. The van der Waals surface area contributed by atoms with Crippen molar-refractivity contribution >= 4 is 5.82 Å². The molecule has 0 spiro atoms. The Balaban J connectivity index is 2.04. The molecule has 0 saturated heterocycles. The zero-order valence-electron chi connectivity index (χ0n) is 11.4. The third kappa shape index (κ3) is 3.99. The number of hydrogen-bond acceptors (Lipinski definition) is 5. The van der Waals surface area contributed by atoms with E-state index >= 15 is 0 Å². The summed E-state index contributed by atoms with van der Waals surface area (Å²) >= 11 is 0. The average Bonchev–Trinajstić information content (AvgIpc) is 2.46. The summed E-state index contributed by atoms with van der Waals surface area (Å²) in [4.78, 5) is 15.0. The first-order valence-corrected chi connectivity index (χ1v) is 6.36. The van der Waals surface area contributed by atoms with Crippen LogP contribution in [-0.2, 0) is 13.0 Å². The van der Waals surface area contributed by atoms with Crippen LogP contribution in [0.5, 0.6) is 0 Å².